The second-order valence-corrected chi connectivity index (χ2v) is 7.39. The first-order chi connectivity index (χ1) is 11.8. The standard InChI is InChI=1S/C19H21N3OS/c1-13-4-6-15(7-5-13)16-11-24-19-17(16)18(20-12-21-19)22-8-2-3-14(9-22)10-23/h4-7,11-12,14,23H,2-3,8-10H2,1H3. The van der Waals surface area contributed by atoms with Gasteiger partial charge in [0.2, 0.25) is 0 Å². The summed E-state index contributed by atoms with van der Waals surface area (Å²) in [5.74, 6) is 1.35. The summed E-state index contributed by atoms with van der Waals surface area (Å²) in [5.41, 5.74) is 3.67. The predicted octanol–water partition coefficient (Wildman–Crippen LogP) is 3.88. The van der Waals surface area contributed by atoms with Crippen LogP contribution in [0, 0.1) is 12.8 Å². The number of rotatable bonds is 3. The largest absolute Gasteiger partial charge is 0.396 e. The topological polar surface area (TPSA) is 49.2 Å². The van der Waals surface area contributed by atoms with Crippen LogP contribution in [-0.4, -0.2) is 34.8 Å². The molecule has 1 atom stereocenters. The molecule has 3 aromatic rings. The van der Waals surface area contributed by atoms with E-state index in [9.17, 15) is 5.11 Å². The second kappa shape index (κ2) is 6.49. The van der Waals surface area contributed by atoms with Crippen LogP contribution in [-0.2, 0) is 0 Å². The van der Waals surface area contributed by atoms with Crippen LogP contribution in [0.25, 0.3) is 21.3 Å². The van der Waals surface area contributed by atoms with E-state index in [2.05, 4.69) is 51.4 Å². The maximum atomic E-state index is 9.53. The highest BCUT2D eigenvalue weighted by Gasteiger charge is 2.23. The van der Waals surface area contributed by atoms with Gasteiger partial charge in [0.1, 0.15) is 17.0 Å². The van der Waals surface area contributed by atoms with Crippen molar-refractivity contribution in [1.29, 1.82) is 0 Å². The summed E-state index contributed by atoms with van der Waals surface area (Å²) in [6, 6.07) is 8.62. The van der Waals surface area contributed by atoms with E-state index in [0.717, 1.165) is 42.0 Å². The molecule has 1 saturated heterocycles. The number of aryl methyl sites for hydroxylation is 1. The third-order valence-electron chi connectivity index (χ3n) is 4.79. The number of aliphatic hydroxyl groups excluding tert-OH is 1. The summed E-state index contributed by atoms with van der Waals surface area (Å²) in [5, 5.41) is 12.9. The minimum absolute atomic E-state index is 0.249. The Labute approximate surface area is 145 Å². The Kier molecular flexibility index (Phi) is 4.21. The van der Waals surface area contributed by atoms with Crippen molar-refractivity contribution in [2.24, 2.45) is 5.92 Å². The molecule has 2 aromatic heterocycles. The fourth-order valence-electron chi connectivity index (χ4n) is 3.45. The molecule has 0 saturated carbocycles. The lowest BCUT2D eigenvalue weighted by atomic mass is 9.98. The number of hydrogen-bond donors (Lipinski definition) is 1. The molecule has 4 rings (SSSR count). The number of fused-ring (bicyclic) bond motifs is 1. The molecule has 1 aliphatic rings. The Balaban J connectivity index is 1.81. The van der Waals surface area contributed by atoms with E-state index in [-0.39, 0.29) is 6.61 Å². The van der Waals surface area contributed by atoms with Gasteiger partial charge in [-0.1, -0.05) is 29.8 Å². The highest BCUT2D eigenvalue weighted by atomic mass is 32.1. The first-order valence-corrected chi connectivity index (χ1v) is 9.29. The molecular formula is C19H21N3OS. The molecule has 0 aliphatic carbocycles. The summed E-state index contributed by atoms with van der Waals surface area (Å²) in [4.78, 5) is 12.4. The van der Waals surface area contributed by atoms with Crippen LogP contribution >= 0.6 is 11.3 Å². The van der Waals surface area contributed by atoms with Gasteiger partial charge in [0.15, 0.2) is 0 Å². The normalized spacial score (nSPS) is 18.2. The van der Waals surface area contributed by atoms with Crippen molar-refractivity contribution >= 4 is 27.4 Å². The zero-order valence-electron chi connectivity index (χ0n) is 13.8. The van der Waals surface area contributed by atoms with Crippen molar-refractivity contribution in [2.45, 2.75) is 19.8 Å². The summed E-state index contributed by atoms with van der Waals surface area (Å²) in [7, 11) is 0. The molecule has 5 heteroatoms. The lowest BCUT2D eigenvalue weighted by Crippen LogP contribution is -2.37. The Bertz CT molecular complexity index is 843. The third-order valence-corrected chi connectivity index (χ3v) is 5.68. The number of hydrogen-bond acceptors (Lipinski definition) is 5. The number of anilines is 1. The summed E-state index contributed by atoms with van der Waals surface area (Å²) < 4.78 is 0. The molecule has 24 heavy (non-hydrogen) atoms. The van der Waals surface area contributed by atoms with Crippen LogP contribution in [0.1, 0.15) is 18.4 Å². The number of thiophene rings is 1. The molecule has 0 bridgehead atoms. The van der Waals surface area contributed by atoms with E-state index in [4.69, 9.17) is 0 Å². The monoisotopic (exact) mass is 339 g/mol. The molecule has 1 aromatic carbocycles. The average molecular weight is 339 g/mol. The molecule has 0 radical (unpaired) electrons. The van der Waals surface area contributed by atoms with Gasteiger partial charge in [0, 0.05) is 30.6 Å². The van der Waals surface area contributed by atoms with E-state index in [1.54, 1.807) is 17.7 Å². The van der Waals surface area contributed by atoms with Gasteiger partial charge in [-0.15, -0.1) is 11.3 Å². The van der Waals surface area contributed by atoms with Crippen molar-refractivity contribution in [3.63, 3.8) is 0 Å². The van der Waals surface area contributed by atoms with Crippen molar-refractivity contribution in [3.05, 3.63) is 41.5 Å². The Morgan fingerprint density at radius 2 is 2.08 bits per heavy atom. The molecular weight excluding hydrogens is 318 g/mol. The van der Waals surface area contributed by atoms with Gasteiger partial charge < -0.3 is 10.0 Å². The van der Waals surface area contributed by atoms with Crippen molar-refractivity contribution < 1.29 is 5.11 Å². The van der Waals surface area contributed by atoms with Crippen LogP contribution in [0.15, 0.2) is 36.0 Å². The van der Waals surface area contributed by atoms with Gasteiger partial charge in [-0.25, -0.2) is 9.97 Å². The molecule has 1 aliphatic heterocycles. The fraction of sp³-hybridized carbons (Fsp3) is 0.368. The summed E-state index contributed by atoms with van der Waals surface area (Å²) in [6.45, 7) is 4.21. The van der Waals surface area contributed by atoms with Crippen LogP contribution < -0.4 is 4.90 Å². The second-order valence-electron chi connectivity index (χ2n) is 6.53. The summed E-state index contributed by atoms with van der Waals surface area (Å²) in [6.07, 6.45) is 3.85. The van der Waals surface area contributed by atoms with Crippen molar-refractivity contribution in [2.75, 3.05) is 24.6 Å². The molecule has 4 nitrogen and oxygen atoms in total. The van der Waals surface area contributed by atoms with Crippen molar-refractivity contribution in [1.82, 2.24) is 9.97 Å². The first kappa shape index (κ1) is 15.5. The maximum Gasteiger partial charge on any atom is 0.141 e. The minimum Gasteiger partial charge on any atom is -0.396 e. The van der Waals surface area contributed by atoms with Gasteiger partial charge in [-0.2, -0.15) is 0 Å². The summed E-state index contributed by atoms with van der Waals surface area (Å²) >= 11 is 1.67. The van der Waals surface area contributed by atoms with Gasteiger partial charge in [0.25, 0.3) is 0 Å². The van der Waals surface area contributed by atoms with Gasteiger partial charge in [-0.3, -0.25) is 0 Å². The average Bonchev–Trinajstić information content (AvgIpc) is 3.06. The molecule has 124 valence electrons. The van der Waals surface area contributed by atoms with E-state index in [1.807, 2.05) is 0 Å². The van der Waals surface area contributed by atoms with Crippen molar-refractivity contribution in [3.8, 4) is 11.1 Å². The number of piperidine rings is 1. The van der Waals surface area contributed by atoms with Gasteiger partial charge in [0.05, 0.1) is 5.39 Å². The highest BCUT2D eigenvalue weighted by Crippen LogP contribution is 2.38. The van der Waals surface area contributed by atoms with E-state index in [1.165, 1.54) is 16.7 Å². The lowest BCUT2D eigenvalue weighted by molar-refractivity contribution is 0.208. The third kappa shape index (κ3) is 2.78. The van der Waals surface area contributed by atoms with Crippen LogP contribution in [0.4, 0.5) is 5.82 Å². The number of nitrogens with zero attached hydrogens (tertiary/aromatic N) is 3. The maximum absolute atomic E-state index is 9.53. The quantitative estimate of drug-likeness (QED) is 0.787. The zero-order valence-corrected chi connectivity index (χ0v) is 14.6. The highest BCUT2D eigenvalue weighted by molar-refractivity contribution is 7.17. The fourth-order valence-corrected chi connectivity index (χ4v) is 4.36. The smallest absolute Gasteiger partial charge is 0.141 e. The van der Waals surface area contributed by atoms with E-state index in [0.29, 0.717) is 5.92 Å². The van der Waals surface area contributed by atoms with Gasteiger partial charge >= 0.3 is 0 Å². The Hall–Kier alpha value is -1.98. The molecule has 0 amide bonds. The Morgan fingerprint density at radius 3 is 2.88 bits per heavy atom. The zero-order chi connectivity index (χ0) is 16.5. The first-order valence-electron chi connectivity index (χ1n) is 8.41. The number of aliphatic hydroxyl groups is 1. The lowest BCUT2D eigenvalue weighted by Gasteiger charge is -2.33. The van der Waals surface area contributed by atoms with E-state index < -0.39 is 0 Å². The number of benzene rings is 1. The molecule has 0 spiro atoms. The molecule has 1 unspecified atom stereocenters. The van der Waals surface area contributed by atoms with Crippen LogP contribution in [0.5, 0.6) is 0 Å². The van der Waals surface area contributed by atoms with Crippen LogP contribution in [0.3, 0.4) is 0 Å². The molecule has 1 fully saturated rings. The Morgan fingerprint density at radius 1 is 1.25 bits per heavy atom. The van der Waals surface area contributed by atoms with E-state index >= 15 is 0 Å². The predicted molar refractivity (Wildman–Crippen MR) is 99.6 cm³/mol. The van der Waals surface area contributed by atoms with Crippen LogP contribution in [0.2, 0.25) is 0 Å². The minimum atomic E-state index is 0.249. The van der Waals surface area contributed by atoms with Gasteiger partial charge in [-0.05, 0) is 31.2 Å². The SMILES string of the molecule is Cc1ccc(-c2csc3ncnc(N4CCCC(CO)C4)c23)cc1. The number of aromatic nitrogens is 2. The molecule has 1 N–H and O–H groups in total. The molecule has 3 heterocycles.